The van der Waals surface area contributed by atoms with Crippen molar-refractivity contribution in [2.75, 3.05) is 24.5 Å². The molecule has 1 aromatic heterocycles. The van der Waals surface area contributed by atoms with Crippen LogP contribution < -0.4 is 10.6 Å². The minimum absolute atomic E-state index is 0.0288. The van der Waals surface area contributed by atoms with E-state index in [0.29, 0.717) is 18.8 Å². The van der Waals surface area contributed by atoms with Crippen molar-refractivity contribution in [3.8, 4) is 0 Å². The molecular weight excluding hydrogens is 324 g/mol. The second-order valence-corrected chi connectivity index (χ2v) is 7.14. The van der Waals surface area contributed by atoms with Crippen LogP contribution in [0.15, 0.2) is 23.0 Å². The van der Waals surface area contributed by atoms with Gasteiger partial charge in [0.1, 0.15) is 12.1 Å². The first-order valence-electron chi connectivity index (χ1n) is 8.13. The standard InChI is InChI=1S/C17H22N4O4/c1-17(2,3)25-16(24)20-7-8-21(14(22)10-20)11-5-6-12-13(9-11)19(4)15(23)18-12/h5-6,9H,7-8,10H2,1-4H3,(H,18,23). The van der Waals surface area contributed by atoms with Gasteiger partial charge in [-0.3, -0.25) is 14.3 Å². The second-order valence-electron chi connectivity index (χ2n) is 7.14. The van der Waals surface area contributed by atoms with Crippen LogP contribution in [0, 0.1) is 0 Å². The highest BCUT2D eigenvalue weighted by molar-refractivity contribution is 5.98. The Bertz CT molecular complexity index is 890. The molecule has 1 N–H and O–H groups in total. The summed E-state index contributed by atoms with van der Waals surface area (Å²) in [5.74, 6) is -0.183. The molecule has 0 atom stereocenters. The van der Waals surface area contributed by atoms with Gasteiger partial charge >= 0.3 is 11.8 Å². The number of piperazine rings is 1. The van der Waals surface area contributed by atoms with Gasteiger partial charge in [-0.15, -0.1) is 0 Å². The lowest BCUT2D eigenvalue weighted by Gasteiger charge is -2.35. The molecule has 134 valence electrons. The Labute approximate surface area is 145 Å². The van der Waals surface area contributed by atoms with E-state index in [0.717, 1.165) is 11.0 Å². The van der Waals surface area contributed by atoms with Crippen molar-refractivity contribution in [2.24, 2.45) is 7.05 Å². The Balaban J connectivity index is 1.78. The maximum Gasteiger partial charge on any atom is 0.410 e. The van der Waals surface area contributed by atoms with Crippen molar-refractivity contribution in [1.82, 2.24) is 14.5 Å². The number of aromatic amines is 1. The zero-order valence-electron chi connectivity index (χ0n) is 14.8. The maximum atomic E-state index is 12.5. The van der Waals surface area contributed by atoms with Crippen molar-refractivity contribution < 1.29 is 14.3 Å². The van der Waals surface area contributed by atoms with Gasteiger partial charge in [-0.25, -0.2) is 9.59 Å². The van der Waals surface area contributed by atoms with E-state index in [1.807, 2.05) is 0 Å². The molecule has 3 rings (SSSR count). The number of aromatic nitrogens is 2. The zero-order valence-corrected chi connectivity index (χ0v) is 14.8. The summed E-state index contributed by atoms with van der Waals surface area (Å²) in [4.78, 5) is 42.1. The molecule has 2 amide bonds. The molecule has 0 aliphatic carbocycles. The molecule has 2 heterocycles. The number of amides is 2. The quantitative estimate of drug-likeness (QED) is 0.846. The van der Waals surface area contributed by atoms with Crippen LogP contribution in [0.2, 0.25) is 0 Å². The number of rotatable bonds is 1. The van der Waals surface area contributed by atoms with Gasteiger partial charge in [-0.2, -0.15) is 0 Å². The molecule has 0 bridgehead atoms. The number of nitrogens with one attached hydrogen (secondary N) is 1. The number of H-pyrrole nitrogens is 1. The summed E-state index contributed by atoms with van der Waals surface area (Å²) >= 11 is 0. The molecule has 25 heavy (non-hydrogen) atoms. The fourth-order valence-electron chi connectivity index (χ4n) is 2.81. The minimum Gasteiger partial charge on any atom is -0.444 e. The van der Waals surface area contributed by atoms with Gasteiger partial charge in [0, 0.05) is 25.8 Å². The van der Waals surface area contributed by atoms with Crippen LogP contribution in [0.5, 0.6) is 0 Å². The van der Waals surface area contributed by atoms with Gasteiger partial charge < -0.3 is 14.6 Å². The molecule has 1 aliphatic heterocycles. The van der Waals surface area contributed by atoms with Crippen molar-refractivity contribution in [3.05, 3.63) is 28.7 Å². The number of carbonyl (C=O) groups is 2. The van der Waals surface area contributed by atoms with Crippen LogP contribution in [-0.2, 0) is 16.6 Å². The topological polar surface area (TPSA) is 87.6 Å². The second kappa shape index (κ2) is 5.94. The average molecular weight is 346 g/mol. The van der Waals surface area contributed by atoms with Crippen LogP contribution in [0.1, 0.15) is 20.8 Å². The SMILES string of the molecule is Cn1c(=O)[nH]c2ccc(N3CCN(C(=O)OC(C)(C)C)CC3=O)cc21. The van der Waals surface area contributed by atoms with Crippen molar-refractivity contribution in [2.45, 2.75) is 26.4 Å². The molecule has 0 spiro atoms. The molecule has 0 unspecified atom stereocenters. The first-order valence-corrected chi connectivity index (χ1v) is 8.13. The Morgan fingerprint density at radius 3 is 2.56 bits per heavy atom. The van der Waals surface area contributed by atoms with E-state index < -0.39 is 11.7 Å². The van der Waals surface area contributed by atoms with Crippen LogP contribution >= 0.6 is 0 Å². The summed E-state index contributed by atoms with van der Waals surface area (Å²) in [5, 5.41) is 0. The van der Waals surface area contributed by atoms with Crippen LogP contribution in [0.4, 0.5) is 10.5 Å². The highest BCUT2D eigenvalue weighted by Gasteiger charge is 2.31. The van der Waals surface area contributed by atoms with E-state index in [9.17, 15) is 14.4 Å². The summed E-state index contributed by atoms with van der Waals surface area (Å²) in [7, 11) is 1.67. The number of imidazole rings is 1. The Kier molecular flexibility index (Phi) is 4.06. The first-order chi connectivity index (χ1) is 11.7. The lowest BCUT2D eigenvalue weighted by Crippen LogP contribution is -2.53. The number of aryl methyl sites for hydroxylation is 1. The van der Waals surface area contributed by atoms with E-state index in [1.54, 1.807) is 50.9 Å². The minimum atomic E-state index is -0.596. The largest absolute Gasteiger partial charge is 0.444 e. The number of hydrogen-bond acceptors (Lipinski definition) is 4. The summed E-state index contributed by atoms with van der Waals surface area (Å²) in [6.45, 7) is 6.11. The lowest BCUT2D eigenvalue weighted by molar-refractivity contribution is -0.121. The summed E-state index contributed by atoms with van der Waals surface area (Å²) in [6.07, 6.45) is -0.482. The van der Waals surface area contributed by atoms with Gasteiger partial charge in [0.15, 0.2) is 0 Å². The smallest absolute Gasteiger partial charge is 0.410 e. The summed E-state index contributed by atoms with van der Waals surface area (Å²) < 4.78 is 6.82. The number of hydrogen-bond donors (Lipinski definition) is 1. The molecule has 1 fully saturated rings. The first kappa shape index (κ1) is 17.1. The zero-order chi connectivity index (χ0) is 18.4. The maximum absolute atomic E-state index is 12.5. The summed E-state index contributed by atoms with van der Waals surface area (Å²) in [5.41, 5.74) is 1.35. The summed E-state index contributed by atoms with van der Waals surface area (Å²) in [6, 6.07) is 5.37. The van der Waals surface area contributed by atoms with Crippen LogP contribution in [-0.4, -0.2) is 51.7 Å². The molecule has 0 saturated carbocycles. The van der Waals surface area contributed by atoms with E-state index >= 15 is 0 Å². The molecule has 1 saturated heterocycles. The number of carbonyl (C=O) groups excluding carboxylic acids is 2. The van der Waals surface area contributed by atoms with Crippen molar-refractivity contribution in [3.63, 3.8) is 0 Å². The van der Waals surface area contributed by atoms with Gasteiger partial charge in [-0.1, -0.05) is 0 Å². The Hall–Kier alpha value is -2.77. The monoisotopic (exact) mass is 346 g/mol. The van der Waals surface area contributed by atoms with E-state index in [2.05, 4.69) is 4.98 Å². The van der Waals surface area contributed by atoms with Gasteiger partial charge in [0.25, 0.3) is 0 Å². The normalized spacial score (nSPS) is 15.8. The van der Waals surface area contributed by atoms with Crippen LogP contribution in [0.25, 0.3) is 11.0 Å². The van der Waals surface area contributed by atoms with Gasteiger partial charge in [-0.05, 0) is 39.0 Å². The predicted octanol–water partition coefficient (Wildman–Crippen LogP) is 1.45. The molecule has 1 aliphatic rings. The fraction of sp³-hybridized carbons (Fsp3) is 0.471. The fourth-order valence-corrected chi connectivity index (χ4v) is 2.81. The average Bonchev–Trinajstić information content (AvgIpc) is 2.80. The van der Waals surface area contributed by atoms with Crippen molar-refractivity contribution >= 4 is 28.7 Å². The number of ether oxygens (including phenoxy) is 1. The number of fused-ring (bicyclic) bond motifs is 1. The highest BCUT2D eigenvalue weighted by atomic mass is 16.6. The molecule has 8 heteroatoms. The highest BCUT2D eigenvalue weighted by Crippen LogP contribution is 2.22. The third-order valence-electron chi connectivity index (χ3n) is 4.07. The third kappa shape index (κ3) is 3.38. The molecule has 1 aromatic carbocycles. The van der Waals surface area contributed by atoms with Gasteiger partial charge in [0.05, 0.1) is 11.0 Å². The Morgan fingerprint density at radius 2 is 1.92 bits per heavy atom. The molecular formula is C17H22N4O4. The van der Waals surface area contributed by atoms with E-state index in [-0.39, 0.29) is 18.1 Å². The van der Waals surface area contributed by atoms with Crippen molar-refractivity contribution in [1.29, 1.82) is 0 Å². The van der Waals surface area contributed by atoms with E-state index in [1.165, 1.54) is 9.47 Å². The third-order valence-corrected chi connectivity index (χ3v) is 4.07. The molecule has 8 nitrogen and oxygen atoms in total. The van der Waals surface area contributed by atoms with Crippen LogP contribution in [0.3, 0.4) is 0 Å². The molecule has 0 radical (unpaired) electrons. The number of benzene rings is 1. The van der Waals surface area contributed by atoms with E-state index in [4.69, 9.17) is 4.74 Å². The molecule has 2 aromatic rings. The lowest BCUT2D eigenvalue weighted by atomic mass is 10.2. The number of nitrogens with zero attached hydrogens (tertiary/aromatic N) is 3. The Morgan fingerprint density at radius 1 is 1.20 bits per heavy atom. The van der Waals surface area contributed by atoms with Gasteiger partial charge in [0.2, 0.25) is 5.91 Å². The number of anilines is 1. The predicted molar refractivity (Wildman–Crippen MR) is 93.7 cm³/mol.